The van der Waals surface area contributed by atoms with Crippen LogP contribution in [0.1, 0.15) is 11.4 Å². The van der Waals surface area contributed by atoms with Gasteiger partial charge in [0.1, 0.15) is 0 Å². The lowest BCUT2D eigenvalue weighted by molar-refractivity contribution is 0.276. The van der Waals surface area contributed by atoms with Gasteiger partial charge in [0.25, 0.3) is 0 Å². The predicted molar refractivity (Wildman–Crippen MR) is 79.9 cm³/mol. The Morgan fingerprint density at radius 2 is 1.91 bits per heavy atom. The van der Waals surface area contributed by atoms with Crippen LogP contribution in [0.5, 0.6) is 11.5 Å². The van der Waals surface area contributed by atoms with Gasteiger partial charge in [-0.2, -0.15) is 5.10 Å². The average molecular weight is 300 g/mol. The molecule has 0 aliphatic rings. The van der Waals surface area contributed by atoms with Crippen molar-refractivity contribution in [3.05, 3.63) is 42.1 Å². The summed E-state index contributed by atoms with van der Waals surface area (Å²) in [6.45, 7) is 0.305. The van der Waals surface area contributed by atoms with E-state index in [-0.39, 0.29) is 6.61 Å². The Balaban J connectivity index is 2.14. The first kappa shape index (κ1) is 14.3. The molecule has 0 bridgehead atoms. The third-order valence-electron chi connectivity index (χ3n) is 3.41. The second-order valence-electron chi connectivity index (χ2n) is 4.68. The maximum Gasteiger partial charge on any atom is 0.162 e. The molecule has 7 heteroatoms. The van der Waals surface area contributed by atoms with Crippen molar-refractivity contribution in [3.63, 3.8) is 0 Å². The Labute approximate surface area is 127 Å². The third kappa shape index (κ3) is 2.46. The molecule has 0 radical (unpaired) electrons. The maximum atomic E-state index is 9.53. The van der Waals surface area contributed by atoms with Crippen LogP contribution < -0.4 is 9.47 Å². The minimum absolute atomic E-state index is 0.153. The van der Waals surface area contributed by atoms with Crippen molar-refractivity contribution in [2.45, 2.75) is 13.2 Å². The van der Waals surface area contributed by atoms with Crippen LogP contribution in [0.4, 0.5) is 0 Å². The summed E-state index contributed by atoms with van der Waals surface area (Å²) in [6, 6.07) is 3.66. The Hall–Kier alpha value is -2.67. The molecule has 0 aliphatic heterocycles. The molecule has 3 rings (SSSR count). The van der Waals surface area contributed by atoms with Crippen molar-refractivity contribution in [1.82, 2.24) is 19.7 Å². The Bertz CT molecular complexity index is 786. The van der Waals surface area contributed by atoms with Crippen LogP contribution in [0, 0.1) is 0 Å². The zero-order chi connectivity index (χ0) is 15.5. The predicted octanol–water partition coefficient (Wildman–Crippen LogP) is 1.38. The number of rotatable bonds is 5. The Kier molecular flexibility index (Phi) is 3.88. The normalized spacial score (nSPS) is 10.9. The first-order valence-corrected chi connectivity index (χ1v) is 6.74. The van der Waals surface area contributed by atoms with Gasteiger partial charge in [-0.15, -0.1) is 0 Å². The van der Waals surface area contributed by atoms with E-state index in [1.54, 1.807) is 37.5 Å². The molecule has 0 saturated heterocycles. The van der Waals surface area contributed by atoms with Gasteiger partial charge in [0.15, 0.2) is 11.5 Å². The number of hydrogen-bond donors (Lipinski definition) is 1. The second kappa shape index (κ2) is 5.98. The Morgan fingerprint density at radius 1 is 1.14 bits per heavy atom. The smallest absolute Gasteiger partial charge is 0.162 e. The summed E-state index contributed by atoms with van der Waals surface area (Å²) in [5.41, 5.74) is 2.21. The van der Waals surface area contributed by atoms with Crippen LogP contribution in [-0.2, 0) is 13.2 Å². The fourth-order valence-electron chi connectivity index (χ4n) is 2.37. The summed E-state index contributed by atoms with van der Waals surface area (Å²) >= 11 is 0. The average Bonchev–Trinajstić information content (AvgIpc) is 2.91. The van der Waals surface area contributed by atoms with Crippen molar-refractivity contribution in [2.24, 2.45) is 0 Å². The van der Waals surface area contributed by atoms with Gasteiger partial charge in [-0.05, 0) is 6.07 Å². The van der Waals surface area contributed by atoms with Crippen LogP contribution in [0.25, 0.3) is 10.9 Å². The number of aliphatic hydroxyl groups excluding tert-OH is 1. The van der Waals surface area contributed by atoms with Gasteiger partial charge in [0.2, 0.25) is 0 Å². The molecule has 0 aliphatic carbocycles. The number of methoxy groups -OCH3 is 2. The van der Waals surface area contributed by atoms with Crippen LogP contribution >= 0.6 is 0 Å². The molecule has 0 unspecified atom stereocenters. The Morgan fingerprint density at radius 3 is 2.55 bits per heavy atom. The number of aliphatic hydroxyl groups is 1. The molecule has 22 heavy (non-hydrogen) atoms. The first-order valence-electron chi connectivity index (χ1n) is 6.74. The van der Waals surface area contributed by atoms with Crippen LogP contribution in [0.15, 0.2) is 30.7 Å². The third-order valence-corrected chi connectivity index (χ3v) is 3.41. The van der Waals surface area contributed by atoms with Crippen molar-refractivity contribution in [2.75, 3.05) is 14.2 Å². The van der Waals surface area contributed by atoms with E-state index < -0.39 is 0 Å². The molecule has 0 spiro atoms. The van der Waals surface area contributed by atoms with Crippen molar-refractivity contribution in [3.8, 4) is 11.5 Å². The zero-order valence-electron chi connectivity index (χ0n) is 12.4. The minimum atomic E-state index is -0.153. The number of aromatic nitrogens is 4. The summed E-state index contributed by atoms with van der Waals surface area (Å²) in [5, 5.41) is 14.8. The molecule has 1 N–H and O–H groups in total. The van der Waals surface area contributed by atoms with Crippen molar-refractivity contribution in [1.29, 1.82) is 0 Å². The summed E-state index contributed by atoms with van der Waals surface area (Å²) in [7, 11) is 3.16. The van der Waals surface area contributed by atoms with Gasteiger partial charge in [-0.1, -0.05) is 0 Å². The fourth-order valence-corrected chi connectivity index (χ4v) is 2.37. The largest absolute Gasteiger partial charge is 0.493 e. The van der Waals surface area contributed by atoms with Gasteiger partial charge in [0.05, 0.1) is 50.5 Å². The molecular weight excluding hydrogens is 284 g/mol. The number of hydrogen-bond acceptors (Lipinski definition) is 6. The van der Waals surface area contributed by atoms with E-state index in [0.717, 1.165) is 16.6 Å². The topological polar surface area (TPSA) is 82.3 Å². The van der Waals surface area contributed by atoms with Crippen LogP contribution in [0.3, 0.4) is 0 Å². The first-order chi connectivity index (χ1) is 10.8. The van der Waals surface area contributed by atoms with E-state index in [1.165, 1.54) is 0 Å². The van der Waals surface area contributed by atoms with Crippen LogP contribution in [-0.4, -0.2) is 39.1 Å². The van der Waals surface area contributed by atoms with Gasteiger partial charge in [0, 0.05) is 23.8 Å². The highest BCUT2D eigenvalue weighted by Crippen LogP contribution is 2.33. The lowest BCUT2D eigenvalue weighted by atomic mass is 10.2. The molecule has 3 aromatic rings. The summed E-state index contributed by atoms with van der Waals surface area (Å²) in [4.78, 5) is 8.30. The van der Waals surface area contributed by atoms with Gasteiger partial charge in [-0.3, -0.25) is 14.6 Å². The molecule has 7 nitrogen and oxygen atoms in total. The fraction of sp³-hybridized carbons (Fsp3) is 0.267. The SMILES string of the molecule is COc1cc2c(CO)nn(Cc3cnccn3)c2cc1OC. The number of benzene rings is 1. The van der Waals surface area contributed by atoms with E-state index in [0.29, 0.717) is 23.7 Å². The molecule has 0 atom stereocenters. The van der Waals surface area contributed by atoms with Gasteiger partial charge >= 0.3 is 0 Å². The highest BCUT2D eigenvalue weighted by Gasteiger charge is 2.15. The lowest BCUT2D eigenvalue weighted by Gasteiger charge is -2.08. The zero-order valence-corrected chi connectivity index (χ0v) is 12.4. The second-order valence-corrected chi connectivity index (χ2v) is 4.68. The number of fused-ring (bicyclic) bond motifs is 1. The lowest BCUT2D eigenvalue weighted by Crippen LogP contribution is -2.04. The maximum absolute atomic E-state index is 9.53. The van der Waals surface area contributed by atoms with Crippen molar-refractivity contribution < 1.29 is 14.6 Å². The summed E-state index contributed by atoms with van der Waals surface area (Å²) < 4.78 is 12.4. The highest BCUT2D eigenvalue weighted by atomic mass is 16.5. The number of ether oxygens (including phenoxy) is 2. The van der Waals surface area contributed by atoms with Crippen molar-refractivity contribution >= 4 is 10.9 Å². The van der Waals surface area contributed by atoms with E-state index in [9.17, 15) is 5.11 Å². The number of nitrogens with zero attached hydrogens (tertiary/aromatic N) is 4. The molecule has 1 aromatic carbocycles. The quantitative estimate of drug-likeness (QED) is 0.766. The molecule has 0 fully saturated rings. The molecule has 0 amide bonds. The summed E-state index contributed by atoms with van der Waals surface area (Å²) in [5.74, 6) is 1.21. The molecule has 2 aromatic heterocycles. The molecule has 2 heterocycles. The van der Waals surface area contributed by atoms with Gasteiger partial charge in [-0.25, -0.2) is 0 Å². The van der Waals surface area contributed by atoms with E-state index in [1.807, 2.05) is 12.1 Å². The molecule has 114 valence electrons. The van der Waals surface area contributed by atoms with E-state index in [4.69, 9.17) is 9.47 Å². The highest BCUT2D eigenvalue weighted by molar-refractivity contribution is 5.85. The molecule has 0 saturated carbocycles. The van der Waals surface area contributed by atoms with Gasteiger partial charge < -0.3 is 14.6 Å². The summed E-state index contributed by atoms with van der Waals surface area (Å²) in [6.07, 6.45) is 4.95. The molecular formula is C15H16N4O3. The monoisotopic (exact) mass is 300 g/mol. The van der Waals surface area contributed by atoms with E-state index >= 15 is 0 Å². The minimum Gasteiger partial charge on any atom is -0.493 e. The van der Waals surface area contributed by atoms with Crippen LogP contribution in [0.2, 0.25) is 0 Å². The van der Waals surface area contributed by atoms with E-state index in [2.05, 4.69) is 15.1 Å². The standard InChI is InChI=1S/C15H16N4O3/c1-21-14-5-11-12(9-20)18-19(13(11)6-15(14)22-2)8-10-7-16-3-4-17-10/h3-7,20H,8-9H2,1-2H3.